The van der Waals surface area contributed by atoms with Crippen molar-refractivity contribution in [2.45, 2.75) is 52.0 Å². The molecule has 0 aliphatic carbocycles. The average molecular weight is 237 g/mol. The molecule has 4 heteroatoms. The van der Waals surface area contributed by atoms with Crippen LogP contribution in [-0.2, 0) is 11.3 Å². The molecule has 1 aromatic rings. The SMILES string of the molecule is CCCCCCCC(=O)N(C)Cc1ncc[nH]1. The Morgan fingerprint density at radius 2 is 2.12 bits per heavy atom. The molecule has 0 aliphatic rings. The van der Waals surface area contributed by atoms with Gasteiger partial charge in [0.05, 0.1) is 6.54 Å². The first-order valence-electron chi connectivity index (χ1n) is 6.46. The number of unbranched alkanes of at least 4 members (excludes halogenated alkanes) is 4. The summed E-state index contributed by atoms with van der Waals surface area (Å²) in [6, 6.07) is 0. The van der Waals surface area contributed by atoms with E-state index in [4.69, 9.17) is 0 Å². The first-order chi connectivity index (χ1) is 8.24. The summed E-state index contributed by atoms with van der Waals surface area (Å²) >= 11 is 0. The third kappa shape index (κ3) is 5.52. The van der Waals surface area contributed by atoms with Gasteiger partial charge in [0.2, 0.25) is 5.91 Å². The van der Waals surface area contributed by atoms with Crippen LogP contribution in [0.4, 0.5) is 0 Å². The molecule has 0 fully saturated rings. The fraction of sp³-hybridized carbons (Fsp3) is 0.692. The Hall–Kier alpha value is -1.32. The number of aromatic amines is 1. The summed E-state index contributed by atoms with van der Waals surface area (Å²) in [4.78, 5) is 20.6. The van der Waals surface area contributed by atoms with Crippen LogP contribution in [0.3, 0.4) is 0 Å². The smallest absolute Gasteiger partial charge is 0.222 e. The van der Waals surface area contributed by atoms with Crippen LogP contribution in [0, 0.1) is 0 Å². The minimum absolute atomic E-state index is 0.206. The van der Waals surface area contributed by atoms with Gasteiger partial charge in [0.15, 0.2) is 0 Å². The Balaban J connectivity index is 2.14. The summed E-state index contributed by atoms with van der Waals surface area (Å²) in [6.07, 6.45) is 10.1. The standard InChI is InChI=1S/C13H23N3O/c1-3-4-5-6-7-8-13(17)16(2)11-12-14-9-10-15-12/h9-10H,3-8,11H2,1-2H3,(H,14,15). The van der Waals surface area contributed by atoms with E-state index >= 15 is 0 Å². The number of nitrogens with zero attached hydrogens (tertiary/aromatic N) is 2. The number of nitrogens with one attached hydrogen (secondary N) is 1. The quantitative estimate of drug-likeness (QED) is 0.707. The molecule has 0 saturated heterocycles. The lowest BCUT2D eigenvalue weighted by molar-refractivity contribution is -0.130. The highest BCUT2D eigenvalue weighted by molar-refractivity contribution is 5.75. The van der Waals surface area contributed by atoms with Crippen LogP contribution in [0.25, 0.3) is 0 Å². The van der Waals surface area contributed by atoms with E-state index in [0.29, 0.717) is 13.0 Å². The summed E-state index contributed by atoms with van der Waals surface area (Å²) in [5, 5.41) is 0. The molecule has 1 rings (SSSR count). The maximum atomic E-state index is 11.8. The van der Waals surface area contributed by atoms with E-state index in [1.54, 1.807) is 17.3 Å². The van der Waals surface area contributed by atoms with Gasteiger partial charge < -0.3 is 9.88 Å². The number of hydrogen-bond donors (Lipinski definition) is 1. The molecule has 0 aliphatic heterocycles. The second kappa shape index (κ2) is 7.87. The van der Waals surface area contributed by atoms with Gasteiger partial charge in [-0.15, -0.1) is 0 Å². The lowest BCUT2D eigenvalue weighted by Gasteiger charge is -2.15. The predicted molar refractivity (Wildman–Crippen MR) is 68.4 cm³/mol. The van der Waals surface area contributed by atoms with Crippen LogP contribution >= 0.6 is 0 Å². The molecular formula is C13H23N3O. The van der Waals surface area contributed by atoms with Gasteiger partial charge in [-0.1, -0.05) is 32.6 Å². The number of imidazole rings is 1. The van der Waals surface area contributed by atoms with Crippen LogP contribution < -0.4 is 0 Å². The van der Waals surface area contributed by atoms with Crippen molar-refractivity contribution in [1.29, 1.82) is 0 Å². The fourth-order valence-corrected chi connectivity index (χ4v) is 1.77. The molecule has 1 heterocycles. The largest absolute Gasteiger partial charge is 0.347 e. The molecule has 0 spiro atoms. The second-order valence-electron chi connectivity index (χ2n) is 4.45. The zero-order chi connectivity index (χ0) is 12.5. The first-order valence-corrected chi connectivity index (χ1v) is 6.46. The molecule has 1 aromatic heterocycles. The Morgan fingerprint density at radius 3 is 2.76 bits per heavy atom. The van der Waals surface area contributed by atoms with Gasteiger partial charge in [0.1, 0.15) is 5.82 Å². The highest BCUT2D eigenvalue weighted by Gasteiger charge is 2.09. The van der Waals surface area contributed by atoms with Crippen LogP contribution in [0.15, 0.2) is 12.4 Å². The highest BCUT2D eigenvalue weighted by Crippen LogP contribution is 2.07. The molecule has 4 nitrogen and oxygen atoms in total. The van der Waals surface area contributed by atoms with Gasteiger partial charge >= 0.3 is 0 Å². The van der Waals surface area contributed by atoms with Crippen molar-refractivity contribution in [3.63, 3.8) is 0 Å². The lowest BCUT2D eigenvalue weighted by atomic mass is 10.1. The molecule has 1 amide bonds. The minimum atomic E-state index is 0.206. The van der Waals surface area contributed by atoms with Gasteiger partial charge in [-0.3, -0.25) is 4.79 Å². The monoisotopic (exact) mass is 237 g/mol. The highest BCUT2D eigenvalue weighted by atomic mass is 16.2. The van der Waals surface area contributed by atoms with E-state index in [9.17, 15) is 4.79 Å². The van der Waals surface area contributed by atoms with Gasteiger partial charge in [0, 0.05) is 25.9 Å². The number of H-pyrrole nitrogens is 1. The molecule has 0 aromatic carbocycles. The molecule has 0 unspecified atom stereocenters. The van der Waals surface area contributed by atoms with Crippen LogP contribution in [-0.4, -0.2) is 27.8 Å². The summed E-state index contributed by atoms with van der Waals surface area (Å²) in [7, 11) is 1.83. The number of amides is 1. The van der Waals surface area contributed by atoms with Crippen LogP contribution in [0.1, 0.15) is 51.3 Å². The van der Waals surface area contributed by atoms with Crippen molar-refractivity contribution in [2.24, 2.45) is 0 Å². The van der Waals surface area contributed by atoms with Crippen molar-refractivity contribution < 1.29 is 4.79 Å². The Bertz CT molecular complexity index is 308. The number of carbonyl (C=O) groups is 1. The zero-order valence-corrected chi connectivity index (χ0v) is 10.9. The van der Waals surface area contributed by atoms with E-state index in [1.165, 1.54) is 19.3 Å². The van der Waals surface area contributed by atoms with Crippen LogP contribution in [0.5, 0.6) is 0 Å². The van der Waals surface area contributed by atoms with Gasteiger partial charge in [-0.25, -0.2) is 4.98 Å². The van der Waals surface area contributed by atoms with Crippen molar-refractivity contribution >= 4 is 5.91 Å². The van der Waals surface area contributed by atoms with Crippen molar-refractivity contribution in [2.75, 3.05) is 7.05 Å². The number of aromatic nitrogens is 2. The number of rotatable bonds is 8. The maximum Gasteiger partial charge on any atom is 0.222 e. The molecule has 0 bridgehead atoms. The Morgan fingerprint density at radius 1 is 1.35 bits per heavy atom. The van der Waals surface area contributed by atoms with Crippen molar-refractivity contribution in [1.82, 2.24) is 14.9 Å². The normalized spacial score (nSPS) is 10.5. The number of carbonyl (C=O) groups excluding carboxylic acids is 1. The zero-order valence-electron chi connectivity index (χ0n) is 10.9. The first kappa shape index (κ1) is 13.7. The van der Waals surface area contributed by atoms with Gasteiger partial charge in [-0.05, 0) is 6.42 Å². The molecule has 1 N–H and O–H groups in total. The lowest BCUT2D eigenvalue weighted by Crippen LogP contribution is -2.26. The molecule has 17 heavy (non-hydrogen) atoms. The molecular weight excluding hydrogens is 214 g/mol. The topological polar surface area (TPSA) is 49.0 Å². The van der Waals surface area contributed by atoms with Crippen molar-refractivity contribution in [3.05, 3.63) is 18.2 Å². The third-order valence-corrected chi connectivity index (χ3v) is 2.86. The fourth-order valence-electron chi connectivity index (χ4n) is 1.77. The van der Waals surface area contributed by atoms with E-state index in [1.807, 2.05) is 7.05 Å². The molecule has 0 saturated carbocycles. The Kier molecular flexibility index (Phi) is 6.37. The Labute approximate surface area is 103 Å². The summed E-state index contributed by atoms with van der Waals surface area (Å²) in [5.74, 6) is 1.05. The minimum Gasteiger partial charge on any atom is -0.347 e. The summed E-state index contributed by atoms with van der Waals surface area (Å²) < 4.78 is 0. The van der Waals surface area contributed by atoms with E-state index in [-0.39, 0.29) is 5.91 Å². The van der Waals surface area contributed by atoms with E-state index in [0.717, 1.165) is 18.7 Å². The van der Waals surface area contributed by atoms with Crippen LogP contribution in [0.2, 0.25) is 0 Å². The third-order valence-electron chi connectivity index (χ3n) is 2.86. The summed E-state index contributed by atoms with van der Waals surface area (Å²) in [6.45, 7) is 2.77. The molecule has 96 valence electrons. The van der Waals surface area contributed by atoms with E-state index in [2.05, 4.69) is 16.9 Å². The average Bonchev–Trinajstić information content (AvgIpc) is 2.81. The van der Waals surface area contributed by atoms with Gasteiger partial charge in [0.25, 0.3) is 0 Å². The second-order valence-corrected chi connectivity index (χ2v) is 4.45. The molecule has 0 radical (unpaired) electrons. The van der Waals surface area contributed by atoms with Gasteiger partial charge in [-0.2, -0.15) is 0 Å². The van der Waals surface area contributed by atoms with Crippen molar-refractivity contribution in [3.8, 4) is 0 Å². The predicted octanol–water partition coefficient (Wildman–Crippen LogP) is 2.73. The number of hydrogen-bond acceptors (Lipinski definition) is 2. The molecule has 0 atom stereocenters. The van der Waals surface area contributed by atoms with E-state index < -0.39 is 0 Å². The maximum absolute atomic E-state index is 11.8. The summed E-state index contributed by atoms with van der Waals surface area (Å²) in [5.41, 5.74) is 0.